The molecule has 1 rings (SSSR count). The van der Waals surface area contributed by atoms with E-state index in [0.717, 1.165) is 11.4 Å². The number of aryl methyl sites for hydroxylation is 1. The van der Waals surface area contributed by atoms with Gasteiger partial charge in [-0.2, -0.15) is 0 Å². The van der Waals surface area contributed by atoms with Crippen LogP contribution in [0, 0.1) is 6.92 Å². The monoisotopic (exact) mass is 224 g/mol. The number of hydrogen-bond donors (Lipinski definition) is 0. The van der Waals surface area contributed by atoms with Crippen LogP contribution < -0.4 is 0 Å². The minimum atomic E-state index is -0.353. The van der Waals surface area contributed by atoms with Crippen molar-refractivity contribution in [3.05, 3.63) is 29.6 Å². The Hall–Kier alpha value is -1.58. The van der Waals surface area contributed by atoms with Gasteiger partial charge in [0, 0.05) is 12.7 Å². The van der Waals surface area contributed by atoms with E-state index in [2.05, 4.69) is 9.72 Å². The third kappa shape index (κ3) is 4.77. The summed E-state index contributed by atoms with van der Waals surface area (Å²) in [6, 6.07) is 5.72. The average Bonchev–Trinajstić information content (AvgIpc) is 2.30. The first-order valence-corrected chi connectivity index (χ1v) is 5.35. The Morgan fingerprint density at radius 3 is 2.56 bits per heavy atom. The van der Waals surface area contributed by atoms with E-state index in [1.54, 1.807) is 7.05 Å². The van der Waals surface area contributed by atoms with Crippen LogP contribution in [0.1, 0.15) is 25.2 Å². The highest BCUT2D eigenvalue weighted by molar-refractivity contribution is 5.66. The minimum Gasteiger partial charge on any atom is -0.453 e. The molecule has 4 nitrogen and oxygen atoms in total. The summed E-state index contributed by atoms with van der Waals surface area (Å²) in [5.41, 5.74) is 1.80. The molecule has 0 unspecified atom stereocenters. The highest BCUT2D eigenvalue weighted by atomic mass is 16.5. The third-order valence-electron chi connectivity index (χ3n) is 1.83. The van der Waals surface area contributed by atoms with E-state index in [0.29, 0.717) is 6.54 Å². The van der Waals surface area contributed by atoms with E-state index in [9.17, 15) is 4.79 Å². The Morgan fingerprint density at radius 2 is 2.06 bits per heavy atom. The summed E-state index contributed by atoms with van der Waals surface area (Å²) in [6.07, 6.45) is -0.353. The first-order valence-electron chi connectivity index (χ1n) is 5.35. The van der Waals surface area contributed by atoms with Gasteiger partial charge in [-0.3, -0.25) is 4.98 Å². The number of rotatable bonds is 2. The lowest BCUT2D eigenvalue weighted by Crippen LogP contribution is -2.26. The van der Waals surface area contributed by atoms with E-state index in [4.69, 9.17) is 0 Å². The predicted molar refractivity (Wildman–Crippen MR) is 64.2 cm³/mol. The molecule has 0 spiro atoms. The molecular weight excluding hydrogens is 204 g/mol. The molecule has 0 aromatic carbocycles. The number of hydrogen-bond acceptors (Lipinski definition) is 3. The summed E-state index contributed by atoms with van der Waals surface area (Å²) in [7, 11) is 3.04. The van der Waals surface area contributed by atoms with Crippen LogP contribution in [0.4, 0.5) is 4.79 Å². The molecule has 0 radical (unpaired) electrons. The van der Waals surface area contributed by atoms with Gasteiger partial charge in [0.25, 0.3) is 0 Å². The van der Waals surface area contributed by atoms with Crippen LogP contribution >= 0.6 is 0 Å². The largest absolute Gasteiger partial charge is 0.453 e. The first kappa shape index (κ1) is 14.4. The standard InChI is InChI=1S/C10H14N2O2.C2H6/c1-8-5-4-6-9(11-8)7-12(2)10(13)14-3;1-2/h4-6H,7H2,1-3H3;1-2H3. The third-order valence-corrected chi connectivity index (χ3v) is 1.83. The minimum absolute atomic E-state index is 0.353. The summed E-state index contributed by atoms with van der Waals surface area (Å²) >= 11 is 0. The molecule has 0 atom stereocenters. The van der Waals surface area contributed by atoms with Gasteiger partial charge in [-0.25, -0.2) is 4.79 Å². The zero-order chi connectivity index (χ0) is 12.6. The Bertz CT molecular complexity index is 327. The fraction of sp³-hybridized carbons (Fsp3) is 0.500. The van der Waals surface area contributed by atoms with Crippen LogP contribution in [0.2, 0.25) is 0 Å². The number of aromatic nitrogens is 1. The molecule has 0 bridgehead atoms. The van der Waals surface area contributed by atoms with E-state index < -0.39 is 0 Å². The Kier molecular flexibility index (Phi) is 6.92. The molecule has 0 fully saturated rings. The van der Waals surface area contributed by atoms with Crippen molar-refractivity contribution in [1.82, 2.24) is 9.88 Å². The first-order chi connectivity index (χ1) is 7.63. The number of pyridine rings is 1. The van der Waals surface area contributed by atoms with Gasteiger partial charge in [-0.15, -0.1) is 0 Å². The average molecular weight is 224 g/mol. The molecule has 90 valence electrons. The van der Waals surface area contributed by atoms with Crippen LogP contribution in [0.15, 0.2) is 18.2 Å². The van der Waals surface area contributed by atoms with Crippen LogP contribution in [-0.4, -0.2) is 30.1 Å². The SMILES string of the molecule is CC.COC(=O)N(C)Cc1cccc(C)n1. The predicted octanol–water partition coefficient (Wildman–Crippen LogP) is 2.61. The maximum atomic E-state index is 11.1. The molecular formula is C12H20N2O2. The topological polar surface area (TPSA) is 42.4 Å². The van der Waals surface area contributed by atoms with Crippen molar-refractivity contribution in [2.24, 2.45) is 0 Å². The lowest BCUT2D eigenvalue weighted by atomic mass is 10.3. The summed E-state index contributed by atoms with van der Waals surface area (Å²) in [5.74, 6) is 0. The van der Waals surface area contributed by atoms with Crippen molar-refractivity contribution in [2.45, 2.75) is 27.3 Å². The fourth-order valence-corrected chi connectivity index (χ4v) is 1.15. The van der Waals surface area contributed by atoms with E-state index in [-0.39, 0.29) is 6.09 Å². The van der Waals surface area contributed by atoms with Gasteiger partial charge in [0.2, 0.25) is 0 Å². The van der Waals surface area contributed by atoms with Crippen molar-refractivity contribution < 1.29 is 9.53 Å². The summed E-state index contributed by atoms with van der Waals surface area (Å²) in [4.78, 5) is 16.8. The molecule has 1 aromatic rings. The lowest BCUT2D eigenvalue weighted by molar-refractivity contribution is 0.130. The smallest absolute Gasteiger partial charge is 0.409 e. The van der Waals surface area contributed by atoms with Crippen molar-refractivity contribution in [3.63, 3.8) is 0 Å². The van der Waals surface area contributed by atoms with Gasteiger partial charge < -0.3 is 9.64 Å². The number of ether oxygens (including phenoxy) is 1. The zero-order valence-corrected chi connectivity index (χ0v) is 10.7. The molecule has 0 saturated carbocycles. The molecule has 1 aromatic heterocycles. The Labute approximate surface area is 97.2 Å². The maximum Gasteiger partial charge on any atom is 0.409 e. The van der Waals surface area contributed by atoms with Gasteiger partial charge in [0.15, 0.2) is 0 Å². The molecule has 0 aliphatic carbocycles. The highest BCUT2D eigenvalue weighted by Crippen LogP contribution is 2.02. The summed E-state index contributed by atoms with van der Waals surface area (Å²) in [5, 5.41) is 0. The fourth-order valence-electron chi connectivity index (χ4n) is 1.15. The van der Waals surface area contributed by atoms with Crippen LogP contribution in [-0.2, 0) is 11.3 Å². The highest BCUT2D eigenvalue weighted by Gasteiger charge is 2.08. The molecule has 0 aliphatic heterocycles. The van der Waals surface area contributed by atoms with E-state index >= 15 is 0 Å². The number of methoxy groups -OCH3 is 1. The molecule has 0 saturated heterocycles. The second-order valence-electron chi connectivity index (χ2n) is 3.10. The van der Waals surface area contributed by atoms with Gasteiger partial charge in [0.05, 0.1) is 19.3 Å². The second-order valence-corrected chi connectivity index (χ2v) is 3.10. The number of nitrogens with zero attached hydrogens (tertiary/aromatic N) is 2. The van der Waals surface area contributed by atoms with Crippen molar-refractivity contribution in [3.8, 4) is 0 Å². The van der Waals surface area contributed by atoms with Crippen LogP contribution in [0.3, 0.4) is 0 Å². The van der Waals surface area contributed by atoms with E-state index in [1.165, 1.54) is 12.0 Å². The zero-order valence-electron chi connectivity index (χ0n) is 10.7. The summed E-state index contributed by atoms with van der Waals surface area (Å²) in [6.45, 7) is 6.38. The second kappa shape index (κ2) is 7.68. The molecule has 4 heteroatoms. The number of carbonyl (C=O) groups is 1. The number of carbonyl (C=O) groups excluding carboxylic acids is 1. The quantitative estimate of drug-likeness (QED) is 0.775. The van der Waals surface area contributed by atoms with Gasteiger partial charge >= 0.3 is 6.09 Å². The van der Waals surface area contributed by atoms with Gasteiger partial charge in [0.1, 0.15) is 0 Å². The summed E-state index contributed by atoms with van der Waals surface area (Å²) < 4.78 is 4.57. The Morgan fingerprint density at radius 1 is 1.44 bits per heavy atom. The molecule has 16 heavy (non-hydrogen) atoms. The van der Waals surface area contributed by atoms with Gasteiger partial charge in [-0.05, 0) is 19.1 Å². The van der Waals surface area contributed by atoms with E-state index in [1.807, 2.05) is 39.0 Å². The molecule has 0 N–H and O–H groups in total. The molecule has 1 amide bonds. The normalized spacial score (nSPS) is 8.81. The van der Waals surface area contributed by atoms with Gasteiger partial charge in [-0.1, -0.05) is 19.9 Å². The van der Waals surface area contributed by atoms with Crippen molar-refractivity contribution >= 4 is 6.09 Å². The van der Waals surface area contributed by atoms with Crippen molar-refractivity contribution in [1.29, 1.82) is 0 Å². The maximum absolute atomic E-state index is 11.1. The van der Waals surface area contributed by atoms with Crippen molar-refractivity contribution in [2.75, 3.05) is 14.2 Å². The molecule has 0 aliphatic rings. The number of amides is 1. The van der Waals surface area contributed by atoms with Crippen LogP contribution in [0.5, 0.6) is 0 Å². The molecule has 1 heterocycles. The van der Waals surface area contributed by atoms with Crippen LogP contribution in [0.25, 0.3) is 0 Å². The Balaban J connectivity index is 0.00000106. The lowest BCUT2D eigenvalue weighted by Gasteiger charge is -2.14.